The van der Waals surface area contributed by atoms with E-state index in [4.69, 9.17) is 38.0 Å². The second-order valence-corrected chi connectivity index (χ2v) is 8.83. The Morgan fingerprint density at radius 3 is 2.60 bits per heavy atom. The average Bonchev–Trinajstić information content (AvgIpc) is 3.01. The van der Waals surface area contributed by atoms with Gasteiger partial charge in [-0.3, -0.25) is 4.79 Å². The van der Waals surface area contributed by atoms with Crippen LogP contribution in [0, 0.1) is 13.8 Å². The van der Waals surface area contributed by atoms with Gasteiger partial charge in [0.05, 0.1) is 30.3 Å². The van der Waals surface area contributed by atoms with Gasteiger partial charge in [-0.25, -0.2) is 0 Å². The highest BCUT2D eigenvalue weighted by atomic mass is 35.5. The highest BCUT2D eigenvalue weighted by molar-refractivity contribution is 8.26. The number of benzene rings is 2. The Kier molecular flexibility index (Phi) is 7.64. The molecule has 0 aromatic heterocycles. The van der Waals surface area contributed by atoms with Crippen molar-refractivity contribution in [1.29, 1.82) is 0 Å². The number of thiocarbonyl (C=S) groups is 1. The number of aryl methyl sites for hydroxylation is 2. The standard InChI is InChI=1S/C22H22ClNO4S2/c1-13-5-6-14(2)17(9-13)27-7-4-8-28-20-16(23)10-15(11-18(20)26-3)12-19-21(25)24-22(29)30-19/h5-6,9-12H,4,7-8H2,1-3H3,(H,24,25,29). The fraction of sp³-hybridized carbons (Fsp3) is 0.273. The van der Waals surface area contributed by atoms with Crippen molar-refractivity contribution < 1.29 is 19.0 Å². The summed E-state index contributed by atoms with van der Waals surface area (Å²) in [6, 6.07) is 9.64. The lowest BCUT2D eigenvalue weighted by atomic mass is 10.1. The molecular formula is C22H22ClNO4S2. The second kappa shape index (κ2) is 10.2. The van der Waals surface area contributed by atoms with Crippen molar-refractivity contribution in [2.45, 2.75) is 20.3 Å². The van der Waals surface area contributed by atoms with Crippen molar-refractivity contribution in [3.63, 3.8) is 0 Å². The molecule has 1 N–H and O–H groups in total. The number of halogens is 1. The van der Waals surface area contributed by atoms with Crippen molar-refractivity contribution in [3.8, 4) is 17.2 Å². The van der Waals surface area contributed by atoms with Gasteiger partial charge in [-0.15, -0.1) is 0 Å². The Balaban J connectivity index is 1.60. The van der Waals surface area contributed by atoms with E-state index in [1.807, 2.05) is 26.0 Å². The van der Waals surface area contributed by atoms with Crippen molar-refractivity contribution in [2.24, 2.45) is 0 Å². The lowest BCUT2D eigenvalue weighted by Crippen LogP contribution is -2.17. The number of ether oxygens (including phenoxy) is 3. The van der Waals surface area contributed by atoms with Crippen LogP contribution in [0.5, 0.6) is 17.2 Å². The Hall–Kier alpha value is -2.22. The maximum Gasteiger partial charge on any atom is 0.263 e. The first-order chi connectivity index (χ1) is 14.4. The molecule has 1 heterocycles. The van der Waals surface area contributed by atoms with Gasteiger partial charge in [-0.1, -0.05) is 47.7 Å². The number of carbonyl (C=O) groups is 1. The van der Waals surface area contributed by atoms with Crippen LogP contribution in [0.1, 0.15) is 23.1 Å². The van der Waals surface area contributed by atoms with E-state index in [1.54, 1.807) is 25.3 Å². The predicted octanol–water partition coefficient (Wildman–Crippen LogP) is 5.30. The summed E-state index contributed by atoms with van der Waals surface area (Å²) >= 11 is 12.6. The Morgan fingerprint density at radius 2 is 1.90 bits per heavy atom. The molecule has 3 rings (SSSR count). The van der Waals surface area contributed by atoms with Crippen LogP contribution in [0.25, 0.3) is 6.08 Å². The van der Waals surface area contributed by atoms with E-state index in [1.165, 1.54) is 11.8 Å². The molecule has 0 spiro atoms. The molecule has 30 heavy (non-hydrogen) atoms. The first-order valence-electron chi connectivity index (χ1n) is 9.32. The number of nitrogens with one attached hydrogen (secondary N) is 1. The molecule has 1 fully saturated rings. The summed E-state index contributed by atoms with van der Waals surface area (Å²) in [7, 11) is 1.55. The SMILES string of the molecule is COc1cc(C=C2SC(=S)NC2=O)cc(Cl)c1OCCCOc1cc(C)ccc1C. The molecule has 0 atom stereocenters. The Bertz CT molecular complexity index is 1010. The van der Waals surface area contributed by atoms with E-state index >= 15 is 0 Å². The molecule has 0 unspecified atom stereocenters. The topological polar surface area (TPSA) is 56.8 Å². The van der Waals surface area contributed by atoms with E-state index in [0.29, 0.717) is 45.4 Å². The van der Waals surface area contributed by atoms with E-state index < -0.39 is 0 Å². The van der Waals surface area contributed by atoms with E-state index in [2.05, 4.69) is 11.4 Å². The second-order valence-electron chi connectivity index (χ2n) is 6.71. The molecule has 2 aromatic carbocycles. The molecule has 0 bridgehead atoms. The average molecular weight is 464 g/mol. The van der Waals surface area contributed by atoms with Crippen LogP contribution in [-0.4, -0.2) is 30.6 Å². The summed E-state index contributed by atoms with van der Waals surface area (Å²) in [5.74, 6) is 1.63. The number of methoxy groups -OCH3 is 1. The third-order valence-electron chi connectivity index (χ3n) is 4.33. The van der Waals surface area contributed by atoms with Gasteiger partial charge in [0, 0.05) is 6.42 Å². The van der Waals surface area contributed by atoms with Crippen molar-refractivity contribution in [1.82, 2.24) is 5.32 Å². The lowest BCUT2D eigenvalue weighted by molar-refractivity contribution is -0.115. The van der Waals surface area contributed by atoms with Crippen LogP contribution in [0.4, 0.5) is 0 Å². The van der Waals surface area contributed by atoms with Crippen LogP contribution >= 0.6 is 35.6 Å². The molecule has 1 amide bonds. The van der Waals surface area contributed by atoms with E-state index in [9.17, 15) is 4.79 Å². The maximum absolute atomic E-state index is 11.9. The zero-order valence-corrected chi connectivity index (χ0v) is 19.3. The monoisotopic (exact) mass is 463 g/mol. The van der Waals surface area contributed by atoms with Gasteiger partial charge in [-0.05, 0) is 54.8 Å². The van der Waals surface area contributed by atoms with E-state index in [0.717, 1.165) is 22.4 Å². The third-order valence-corrected chi connectivity index (χ3v) is 5.77. The number of rotatable bonds is 8. The smallest absolute Gasteiger partial charge is 0.263 e. The summed E-state index contributed by atoms with van der Waals surface area (Å²) in [5, 5.41) is 2.99. The molecule has 0 radical (unpaired) electrons. The summed E-state index contributed by atoms with van der Waals surface area (Å²) in [6.45, 7) is 5.01. The minimum atomic E-state index is -0.218. The molecule has 0 saturated carbocycles. The zero-order chi connectivity index (χ0) is 21.7. The minimum Gasteiger partial charge on any atom is -0.493 e. The van der Waals surface area contributed by atoms with Crippen LogP contribution in [0.2, 0.25) is 5.02 Å². The van der Waals surface area contributed by atoms with Gasteiger partial charge in [0.1, 0.15) is 10.1 Å². The van der Waals surface area contributed by atoms with E-state index in [-0.39, 0.29) is 5.91 Å². The molecule has 1 aliphatic heterocycles. The largest absolute Gasteiger partial charge is 0.493 e. The number of carbonyl (C=O) groups excluding carboxylic acids is 1. The van der Waals surface area contributed by atoms with Crippen LogP contribution < -0.4 is 19.5 Å². The van der Waals surface area contributed by atoms with Crippen molar-refractivity contribution in [3.05, 3.63) is 56.9 Å². The van der Waals surface area contributed by atoms with Gasteiger partial charge in [-0.2, -0.15) is 0 Å². The Labute approximate surface area is 190 Å². The Morgan fingerprint density at radius 1 is 1.13 bits per heavy atom. The van der Waals surface area contributed by atoms with Crippen LogP contribution in [0.3, 0.4) is 0 Å². The molecule has 8 heteroatoms. The highest BCUT2D eigenvalue weighted by Crippen LogP contribution is 2.38. The summed E-state index contributed by atoms with van der Waals surface area (Å²) in [6.07, 6.45) is 2.41. The fourth-order valence-electron chi connectivity index (χ4n) is 2.81. The summed E-state index contributed by atoms with van der Waals surface area (Å²) in [5.41, 5.74) is 2.99. The number of amides is 1. The van der Waals surface area contributed by atoms with Crippen LogP contribution in [-0.2, 0) is 4.79 Å². The summed E-state index contributed by atoms with van der Waals surface area (Å²) < 4.78 is 17.6. The van der Waals surface area contributed by atoms with Gasteiger partial charge >= 0.3 is 0 Å². The fourth-order valence-corrected chi connectivity index (χ4v) is 4.13. The number of hydrogen-bond donors (Lipinski definition) is 1. The molecule has 1 aliphatic rings. The molecule has 158 valence electrons. The highest BCUT2D eigenvalue weighted by Gasteiger charge is 2.22. The third kappa shape index (κ3) is 5.68. The first-order valence-corrected chi connectivity index (χ1v) is 10.9. The number of thioether (sulfide) groups is 1. The lowest BCUT2D eigenvalue weighted by Gasteiger charge is -2.14. The van der Waals surface area contributed by atoms with Gasteiger partial charge in [0.15, 0.2) is 11.5 Å². The molecule has 2 aromatic rings. The maximum atomic E-state index is 11.9. The minimum absolute atomic E-state index is 0.218. The normalized spacial score (nSPS) is 14.7. The quantitative estimate of drug-likeness (QED) is 0.325. The zero-order valence-electron chi connectivity index (χ0n) is 16.9. The molecular weight excluding hydrogens is 442 g/mol. The predicted molar refractivity (Wildman–Crippen MR) is 126 cm³/mol. The van der Waals surface area contributed by atoms with Crippen LogP contribution in [0.15, 0.2) is 35.2 Å². The van der Waals surface area contributed by atoms with Gasteiger partial charge in [0.2, 0.25) is 0 Å². The van der Waals surface area contributed by atoms with Gasteiger partial charge < -0.3 is 19.5 Å². The van der Waals surface area contributed by atoms with Crippen molar-refractivity contribution in [2.75, 3.05) is 20.3 Å². The first kappa shape index (κ1) is 22.5. The summed E-state index contributed by atoms with van der Waals surface area (Å²) in [4.78, 5) is 12.4. The molecule has 0 aliphatic carbocycles. The molecule has 1 saturated heterocycles. The number of hydrogen-bond acceptors (Lipinski definition) is 6. The molecule has 5 nitrogen and oxygen atoms in total. The van der Waals surface area contributed by atoms with Crippen molar-refractivity contribution >= 4 is 51.9 Å². The van der Waals surface area contributed by atoms with Gasteiger partial charge in [0.25, 0.3) is 5.91 Å².